The molecule has 1 saturated carbocycles. The van der Waals surface area contributed by atoms with Crippen LogP contribution in [-0.4, -0.2) is 84.5 Å². The average molecular weight is 816 g/mol. The molecule has 2 aliphatic rings. The van der Waals surface area contributed by atoms with E-state index in [9.17, 15) is 24.0 Å². The van der Waals surface area contributed by atoms with Crippen molar-refractivity contribution in [1.82, 2.24) is 35.9 Å². The number of amides is 4. The molecule has 0 radical (unpaired) electrons. The van der Waals surface area contributed by atoms with Gasteiger partial charge >= 0.3 is 18.2 Å². The monoisotopic (exact) mass is 815 g/mol. The highest BCUT2D eigenvalue weighted by atomic mass is 32.1. The van der Waals surface area contributed by atoms with Crippen LogP contribution in [0.1, 0.15) is 83.0 Å². The Balaban J connectivity index is 1.17. The SMILES string of the molecule is CC(C)(C)OC(=O)NCc1cn(C[C@H]2NC(=O)[C@H]2NC(=O)C(=NOC2(C(=O)OC(c3ccccc3)c3ccccc3)CC2)c2csc(NC(=O)OC(C)(C)C)n2)nn1. The number of carbonyl (C=O) groups is 5. The van der Waals surface area contributed by atoms with Gasteiger partial charge in [-0.2, -0.15) is 0 Å². The first kappa shape index (κ1) is 41.3. The lowest BCUT2D eigenvalue weighted by atomic mass is 9.98. The number of β-lactam (4-membered cyclic amide) rings is 1. The molecule has 306 valence electrons. The zero-order valence-corrected chi connectivity index (χ0v) is 33.6. The molecule has 18 nitrogen and oxygen atoms in total. The van der Waals surface area contributed by atoms with Crippen molar-refractivity contribution in [2.75, 3.05) is 5.32 Å². The van der Waals surface area contributed by atoms with Gasteiger partial charge in [-0.05, 0) is 52.7 Å². The summed E-state index contributed by atoms with van der Waals surface area (Å²) in [4.78, 5) is 75.3. The third-order valence-electron chi connectivity index (χ3n) is 8.47. The quantitative estimate of drug-likeness (QED) is 0.0458. The molecule has 2 atom stereocenters. The fraction of sp³-hybridized carbons (Fsp3) is 0.410. The van der Waals surface area contributed by atoms with Crippen molar-refractivity contribution in [3.05, 3.63) is 94.8 Å². The van der Waals surface area contributed by atoms with E-state index in [2.05, 4.69) is 41.7 Å². The number of carbonyl (C=O) groups excluding carboxylic acids is 5. The smallest absolute Gasteiger partial charge is 0.413 e. The molecule has 2 fully saturated rings. The molecule has 1 saturated heterocycles. The Morgan fingerprint density at radius 1 is 0.948 bits per heavy atom. The third kappa shape index (κ3) is 10.9. The highest BCUT2D eigenvalue weighted by Gasteiger charge is 2.56. The van der Waals surface area contributed by atoms with Crippen LogP contribution >= 0.6 is 11.3 Å². The lowest BCUT2D eigenvalue weighted by Crippen LogP contribution is -2.70. The van der Waals surface area contributed by atoms with E-state index in [1.165, 1.54) is 10.1 Å². The first-order valence-electron chi connectivity index (χ1n) is 18.5. The van der Waals surface area contributed by atoms with Gasteiger partial charge in [0.25, 0.3) is 5.91 Å². The Morgan fingerprint density at radius 3 is 2.16 bits per heavy atom. The molecular formula is C39H45N9O9S. The summed E-state index contributed by atoms with van der Waals surface area (Å²) in [5.41, 5.74) is -1.34. The van der Waals surface area contributed by atoms with Crippen LogP contribution in [0.5, 0.6) is 0 Å². The van der Waals surface area contributed by atoms with Gasteiger partial charge < -0.3 is 35.0 Å². The summed E-state index contributed by atoms with van der Waals surface area (Å²) in [6.07, 6.45) is 0.0128. The van der Waals surface area contributed by atoms with E-state index in [4.69, 9.17) is 19.0 Å². The number of hydrogen-bond acceptors (Lipinski definition) is 14. The van der Waals surface area contributed by atoms with Gasteiger partial charge in [0.1, 0.15) is 28.6 Å². The van der Waals surface area contributed by atoms with Crippen molar-refractivity contribution >= 4 is 52.2 Å². The first-order chi connectivity index (χ1) is 27.5. The van der Waals surface area contributed by atoms with E-state index in [0.29, 0.717) is 5.69 Å². The summed E-state index contributed by atoms with van der Waals surface area (Å²) < 4.78 is 18.1. The van der Waals surface area contributed by atoms with Crippen LogP contribution in [-0.2, 0) is 46.5 Å². The largest absolute Gasteiger partial charge is 0.450 e. The Labute approximate surface area is 338 Å². The van der Waals surface area contributed by atoms with Crippen LogP contribution in [0.25, 0.3) is 0 Å². The maximum absolute atomic E-state index is 14.0. The number of aromatic nitrogens is 4. The lowest BCUT2D eigenvalue weighted by Gasteiger charge is -2.36. The van der Waals surface area contributed by atoms with Crippen molar-refractivity contribution in [3.63, 3.8) is 0 Å². The Hall–Kier alpha value is -6.37. The fourth-order valence-electron chi connectivity index (χ4n) is 5.57. The molecule has 4 N–H and O–H groups in total. The van der Waals surface area contributed by atoms with Crippen molar-refractivity contribution < 1.29 is 43.0 Å². The highest BCUT2D eigenvalue weighted by Crippen LogP contribution is 2.43. The van der Waals surface area contributed by atoms with E-state index >= 15 is 0 Å². The molecule has 1 aliphatic carbocycles. The van der Waals surface area contributed by atoms with E-state index < -0.39 is 65.0 Å². The molecular weight excluding hydrogens is 771 g/mol. The first-order valence-corrected chi connectivity index (χ1v) is 19.3. The van der Waals surface area contributed by atoms with Crippen LogP contribution in [0.15, 0.2) is 77.4 Å². The number of nitrogens with zero attached hydrogens (tertiary/aromatic N) is 5. The van der Waals surface area contributed by atoms with Gasteiger partial charge in [-0.25, -0.2) is 19.4 Å². The highest BCUT2D eigenvalue weighted by molar-refractivity contribution is 7.14. The van der Waals surface area contributed by atoms with Crippen molar-refractivity contribution in [2.45, 2.75) is 102 Å². The predicted molar refractivity (Wildman–Crippen MR) is 209 cm³/mol. The maximum atomic E-state index is 14.0. The molecule has 19 heteroatoms. The van der Waals surface area contributed by atoms with Crippen LogP contribution in [0.3, 0.4) is 0 Å². The Bertz CT molecular complexity index is 2120. The topological polar surface area (TPSA) is 226 Å². The van der Waals surface area contributed by atoms with Crippen molar-refractivity contribution in [2.24, 2.45) is 5.16 Å². The molecule has 3 heterocycles. The van der Waals surface area contributed by atoms with Gasteiger partial charge in [0, 0.05) is 18.2 Å². The zero-order chi connectivity index (χ0) is 41.7. The number of nitrogens with one attached hydrogen (secondary N) is 4. The maximum Gasteiger partial charge on any atom is 0.413 e. The molecule has 0 unspecified atom stereocenters. The molecule has 0 bridgehead atoms. The molecule has 2 aromatic heterocycles. The van der Waals surface area contributed by atoms with Gasteiger partial charge in [-0.15, -0.1) is 16.4 Å². The standard InChI is InChI=1S/C39H45N9O9S/c1-37(2,3)55-35(52)40-19-25-20-48(47-45-25)21-26-28(31(49)41-26)43-32(50)29(27-22-58-34(42-27)44-36(53)56-38(4,5)6)46-57-39(17-18-39)33(51)54-30(23-13-9-7-10-14-23)24-15-11-8-12-16-24/h7-16,20,22,26,28,30H,17-19,21H2,1-6H3,(H,40,52)(H,41,49)(H,43,50)(H,42,44,53)/t26-,28+/m1/s1. The van der Waals surface area contributed by atoms with Gasteiger partial charge in [0.15, 0.2) is 16.9 Å². The number of oxime groups is 1. The molecule has 6 rings (SSSR count). The number of anilines is 1. The van der Waals surface area contributed by atoms with Gasteiger partial charge in [-0.3, -0.25) is 19.6 Å². The van der Waals surface area contributed by atoms with E-state index in [-0.39, 0.29) is 42.5 Å². The van der Waals surface area contributed by atoms with Crippen molar-refractivity contribution in [1.29, 1.82) is 0 Å². The zero-order valence-electron chi connectivity index (χ0n) is 32.8. The molecule has 4 aromatic rings. The van der Waals surface area contributed by atoms with Crippen LogP contribution in [0.2, 0.25) is 0 Å². The number of hydrogen-bond donors (Lipinski definition) is 4. The second-order valence-corrected chi connectivity index (χ2v) is 16.5. The normalized spacial score (nSPS) is 17.3. The summed E-state index contributed by atoms with van der Waals surface area (Å²) in [6.45, 7) is 10.6. The minimum absolute atomic E-state index is 0.00105. The predicted octanol–water partition coefficient (Wildman–Crippen LogP) is 4.38. The molecule has 2 aromatic carbocycles. The van der Waals surface area contributed by atoms with Crippen LogP contribution < -0.4 is 21.3 Å². The number of alkyl carbamates (subject to hydrolysis) is 1. The number of ether oxygens (including phenoxy) is 3. The van der Waals surface area contributed by atoms with Gasteiger partial charge in [-0.1, -0.05) is 71.0 Å². The Morgan fingerprint density at radius 2 is 1.57 bits per heavy atom. The number of esters is 1. The minimum atomic E-state index is -1.49. The second-order valence-electron chi connectivity index (χ2n) is 15.7. The number of benzene rings is 2. The number of rotatable bonds is 14. The second kappa shape index (κ2) is 17.0. The van der Waals surface area contributed by atoms with E-state index in [1.54, 1.807) is 47.7 Å². The fourth-order valence-corrected chi connectivity index (χ4v) is 6.25. The Kier molecular flexibility index (Phi) is 12.1. The average Bonchev–Trinajstić information content (AvgIpc) is 3.59. The minimum Gasteiger partial charge on any atom is -0.450 e. The van der Waals surface area contributed by atoms with E-state index in [1.807, 2.05) is 60.7 Å². The van der Waals surface area contributed by atoms with Crippen LogP contribution in [0.4, 0.5) is 14.7 Å². The summed E-state index contributed by atoms with van der Waals surface area (Å²) in [6, 6.07) is 16.9. The van der Waals surface area contributed by atoms with E-state index in [0.717, 1.165) is 22.5 Å². The summed E-state index contributed by atoms with van der Waals surface area (Å²) in [5, 5.41) is 24.4. The third-order valence-corrected chi connectivity index (χ3v) is 9.23. The molecule has 0 spiro atoms. The molecule has 1 aliphatic heterocycles. The van der Waals surface area contributed by atoms with Gasteiger partial charge in [0.2, 0.25) is 11.5 Å². The van der Waals surface area contributed by atoms with Gasteiger partial charge in [0.05, 0.1) is 25.3 Å². The number of thiazole rings is 1. The molecule has 4 amide bonds. The summed E-state index contributed by atoms with van der Waals surface area (Å²) >= 11 is 0.998. The molecule has 58 heavy (non-hydrogen) atoms. The van der Waals surface area contributed by atoms with Crippen LogP contribution in [0, 0.1) is 0 Å². The van der Waals surface area contributed by atoms with Crippen molar-refractivity contribution in [3.8, 4) is 0 Å². The summed E-state index contributed by atoms with van der Waals surface area (Å²) in [5.74, 6) is -1.98. The lowest BCUT2D eigenvalue weighted by molar-refractivity contribution is -0.164. The summed E-state index contributed by atoms with van der Waals surface area (Å²) in [7, 11) is 0.